The van der Waals surface area contributed by atoms with Crippen molar-refractivity contribution in [1.82, 2.24) is 15.2 Å². The zero-order chi connectivity index (χ0) is 17.2. The summed E-state index contributed by atoms with van der Waals surface area (Å²) in [5, 5.41) is 7.24. The number of aromatic nitrogens is 1. The number of rotatable bonds is 6. The van der Waals surface area contributed by atoms with Crippen LogP contribution in [0, 0.1) is 5.92 Å². The third-order valence-electron chi connectivity index (χ3n) is 4.30. The molecule has 2 fully saturated rings. The van der Waals surface area contributed by atoms with E-state index in [1.165, 1.54) is 17.7 Å². The molecule has 9 heteroatoms. The molecule has 1 aromatic rings. The van der Waals surface area contributed by atoms with E-state index in [0.717, 1.165) is 5.56 Å². The summed E-state index contributed by atoms with van der Waals surface area (Å²) in [6, 6.07) is 3.32. The highest BCUT2D eigenvalue weighted by atomic mass is 32.2. The van der Waals surface area contributed by atoms with Gasteiger partial charge in [0.1, 0.15) is 0 Å². The van der Waals surface area contributed by atoms with Crippen LogP contribution in [0.5, 0.6) is 5.88 Å². The van der Waals surface area contributed by atoms with E-state index in [4.69, 9.17) is 9.88 Å². The largest absolute Gasteiger partial charge is 0.477 e. The van der Waals surface area contributed by atoms with Gasteiger partial charge in [-0.25, -0.2) is 23.3 Å². The van der Waals surface area contributed by atoms with E-state index in [0.29, 0.717) is 37.9 Å². The Morgan fingerprint density at radius 3 is 2.88 bits per heavy atom. The van der Waals surface area contributed by atoms with Crippen molar-refractivity contribution in [3.8, 4) is 5.88 Å². The van der Waals surface area contributed by atoms with Crippen molar-refractivity contribution in [1.29, 1.82) is 0 Å². The maximum atomic E-state index is 12.1. The Hall–Kier alpha value is -1.87. The minimum Gasteiger partial charge on any atom is -0.477 e. The molecule has 0 radical (unpaired) electrons. The summed E-state index contributed by atoms with van der Waals surface area (Å²) in [5.41, 5.74) is 0.881. The van der Waals surface area contributed by atoms with Crippen molar-refractivity contribution in [3.63, 3.8) is 0 Å². The third-order valence-corrected chi connectivity index (χ3v) is 5.62. The maximum absolute atomic E-state index is 12.1. The second kappa shape index (κ2) is 6.94. The Labute approximate surface area is 141 Å². The molecule has 3 N–H and O–H groups in total. The number of primary sulfonamides is 1. The van der Waals surface area contributed by atoms with E-state index < -0.39 is 15.3 Å². The van der Waals surface area contributed by atoms with Gasteiger partial charge in [-0.2, -0.15) is 0 Å². The molecule has 1 aromatic heterocycles. The first kappa shape index (κ1) is 17.0. The molecule has 24 heavy (non-hydrogen) atoms. The SMILES string of the molecule is NS(=O)(=O)C1CCN(C(=O)NCc2ccnc(OCC3CC3)c2)C1. The monoisotopic (exact) mass is 354 g/mol. The van der Waals surface area contributed by atoms with Crippen LogP contribution in [0.1, 0.15) is 24.8 Å². The number of pyridine rings is 1. The zero-order valence-corrected chi connectivity index (χ0v) is 14.2. The summed E-state index contributed by atoms with van der Waals surface area (Å²) in [4.78, 5) is 17.8. The lowest BCUT2D eigenvalue weighted by Crippen LogP contribution is -2.40. The third kappa shape index (κ3) is 4.57. The molecule has 2 heterocycles. The highest BCUT2D eigenvalue weighted by Crippen LogP contribution is 2.29. The standard InChI is InChI=1S/C15H22N4O4S/c16-24(21,22)13-4-6-19(9-13)15(20)18-8-12-3-5-17-14(7-12)23-10-11-1-2-11/h3,5,7,11,13H,1-2,4,6,8-10H2,(H,18,20)(H2,16,21,22). The lowest BCUT2D eigenvalue weighted by Gasteiger charge is -2.17. The van der Waals surface area contributed by atoms with Crippen molar-refractivity contribution in [2.75, 3.05) is 19.7 Å². The van der Waals surface area contributed by atoms with E-state index in [1.54, 1.807) is 18.3 Å². The summed E-state index contributed by atoms with van der Waals surface area (Å²) >= 11 is 0. The summed E-state index contributed by atoms with van der Waals surface area (Å²) in [6.07, 6.45) is 4.45. The molecule has 1 saturated heterocycles. The molecular formula is C15H22N4O4S. The molecule has 1 aliphatic carbocycles. The Balaban J connectivity index is 1.48. The van der Waals surface area contributed by atoms with Crippen LogP contribution in [0.4, 0.5) is 4.79 Å². The van der Waals surface area contributed by atoms with E-state index in [-0.39, 0.29) is 12.6 Å². The van der Waals surface area contributed by atoms with Crippen molar-refractivity contribution < 1.29 is 17.9 Å². The summed E-state index contributed by atoms with van der Waals surface area (Å²) < 4.78 is 28.3. The van der Waals surface area contributed by atoms with Gasteiger partial charge in [-0.05, 0) is 36.8 Å². The van der Waals surface area contributed by atoms with Crippen LogP contribution < -0.4 is 15.2 Å². The van der Waals surface area contributed by atoms with E-state index in [9.17, 15) is 13.2 Å². The van der Waals surface area contributed by atoms with Crippen LogP contribution in [0.3, 0.4) is 0 Å². The number of amides is 2. The number of nitrogens with two attached hydrogens (primary N) is 1. The molecular weight excluding hydrogens is 332 g/mol. The first-order valence-corrected chi connectivity index (χ1v) is 9.65. The average molecular weight is 354 g/mol. The number of ether oxygens (including phenoxy) is 1. The van der Waals surface area contributed by atoms with Gasteiger partial charge in [0.25, 0.3) is 0 Å². The van der Waals surface area contributed by atoms with E-state index in [1.807, 2.05) is 0 Å². The Morgan fingerprint density at radius 2 is 2.21 bits per heavy atom. The van der Waals surface area contributed by atoms with Crippen molar-refractivity contribution in [2.45, 2.75) is 31.1 Å². The van der Waals surface area contributed by atoms with Gasteiger partial charge in [-0.3, -0.25) is 0 Å². The summed E-state index contributed by atoms with van der Waals surface area (Å²) in [5.74, 6) is 1.21. The molecule has 1 atom stereocenters. The summed E-state index contributed by atoms with van der Waals surface area (Å²) in [6.45, 7) is 1.54. The van der Waals surface area contributed by atoms with Gasteiger partial charge >= 0.3 is 6.03 Å². The van der Waals surface area contributed by atoms with Crippen LogP contribution in [-0.4, -0.2) is 49.3 Å². The lowest BCUT2D eigenvalue weighted by molar-refractivity contribution is 0.208. The number of likely N-dealkylation sites (tertiary alicyclic amines) is 1. The van der Waals surface area contributed by atoms with Crippen LogP contribution in [0.15, 0.2) is 18.3 Å². The molecule has 1 unspecified atom stereocenters. The Morgan fingerprint density at radius 1 is 1.42 bits per heavy atom. The first-order chi connectivity index (χ1) is 11.4. The van der Waals surface area contributed by atoms with Crippen LogP contribution >= 0.6 is 0 Å². The predicted molar refractivity (Wildman–Crippen MR) is 87.8 cm³/mol. The fourth-order valence-corrected chi connectivity index (χ4v) is 3.42. The smallest absolute Gasteiger partial charge is 0.317 e. The first-order valence-electron chi connectivity index (χ1n) is 8.04. The molecule has 1 saturated carbocycles. The van der Waals surface area contributed by atoms with Gasteiger partial charge in [-0.1, -0.05) is 0 Å². The minimum atomic E-state index is -3.60. The van der Waals surface area contributed by atoms with Crippen molar-refractivity contribution in [2.24, 2.45) is 11.1 Å². The highest BCUT2D eigenvalue weighted by Gasteiger charge is 2.33. The van der Waals surface area contributed by atoms with Gasteiger partial charge in [-0.15, -0.1) is 0 Å². The molecule has 3 rings (SSSR count). The molecule has 132 valence electrons. The maximum Gasteiger partial charge on any atom is 0.317 e. The molecule has 0 spiro atoms. The highest BCUT2D eigenvalue weighted by molar-refractivity contribution is 7.89. The van der Waals surface area contributed by atoms with Gasteiger partial charge < -0.3 is 15.0 Å². The number of nitrogens with one attached hydrogen (secondary N) is 1. The van der Waals surface area contributed by atoms with Crippen LogP contribution in [0.25, 0.3) is 0 Å². The number of urea groups is 1. The van der Waals surface area contributed by atoms with Gasteiger partial charge in [0.05, 0.1) is 11.9 Å². The lowest BCUT2D eigenvalue weighted by atomic mass is 10.2. The van der Waals surface area contributed by atoms with E-state index in [2.05, 4.69) is 10.3 Å². The van der Waals surface area contributed by atoms with Gasteiger partial charge in [0, 0.05) is 31.9 Å². The van der Waals surface area contributed by atoms with E-state index >= 15 is 0 Å². The molecule has 0 aromatic carbocycles. The summed E-state index contributed by atoms with van der Waals surface area (Å²) in [7, 11) is -3.60. The van der Waals surface area contributed by atoms with Crippen molar-refractivity contribution in [3.05, 3.63) is 23.9 Å². The molecule has 0 bridgehead atoms. The van der Waals surface area contributed by atoms with Crippen LogP contribution in [-0.2, 0) is 16.6 Å². The number of hydrogen-bond donors (Lipinski definition) is 2. The molecule has 2 aliphatic rings. The number of carbonyl (C=O) groups is 1. The Kier molecular flexibility index (Phi) is 4.91. The fraction of sp³-hybridized carbons (Fsp3) is 0.600. The molecule has 2 amide bonds. The zero-order valence-electron chi connectivity index (χ0n) is 13.3. The second-order valence-corrected chi connectivity index (χ2v) is 8.21. The van der Waals surface area contributed by atoms with Crippen molar-refractivity contribution >= 4 is 16.1 Å². The normalized spacial score (nSPS) is 20.9. The predicted octanol–water partition coefficient (Wildman–Crippen LogP) is 0.443. The number of sulfonamides is 1. The molecule has 1 aliphatic heterocycles. The number of carbonyl (C=O) groups excluding carboxylic acids is 1. The van der Waals surface area contributed by atoms with Gasteiger partial charge in [0.2, 0.25) is 15.9 Å². The minimum absolute atomic E-state index is 0.136. The fourth-order valence-electron chi connectivity index (χ4n) is 2.60. The number of hydrogen-bond acceptors (Lipinski definition) is 5. The Bertz CT molecular complexity index is 705. The van der Waals surface area contributed by atoms with Gasteiger partial charge in [0.15, 0.2) is 0 Å². The van der Waals surface area contributed by atoms with Crippen LogP contribution in [0.2, 0.25) is 0 Å². The quantitative estimate of drug-likeness (QED) is 0.769. The number of nitrogens with zero attached hydrogens (tertiary/aromatic N) is 2. The average Bonchev–Trinajstić information content (AvgIpc) is 3.23. The topological polar surface area (TPSA) is 115 Å². The second-order valence-electron chi connectivity index (χ2n) is 6.36. The molecule has 8 nitrogen and oxygen atoms in total.